The number of benzene rings is 1. The van der Waals surface area contributed by atoms with E-state index < -0.39 is 5.97 Å². The van der Waals surface area contributed by atoms with Crippen molar-refractivity contribution < 1.29 is 9.90 Å². The zero-order chi connectivity index (χ0) is 9.14. The summed E-state index contributed by atoms with van der Waals surface area (Å²) in [6.45, 7) is 0. The van der Waals surface area contributed by atoms with E-state index in [1.54, 1.807) is 24.3 Å². The predicted octanol–water partition coefficient (Wildman–Crippen LogP) is 3.17. The normalized spacial score (nSPS) is 10.2. The molecule has 2 nitrogen and oxygen atoms in total. The van der Waals surface area contributed by atoms with Gasteiger partial charge in [-0.15, -0.1) is 0 Å². The minimum Gasteiger partial charge on any atom is -0.478 e. The Morgan fingerprint density at radius 2 is 1.75 bits per heavy atom. The number of alkyl halides is 2. The van der Waals surface area contributed by atoms with Crippen molar-refractivity contribution in [3.05, 3.63) is 35.4 Å². The Kier molecular flexibility index (Phi) is 3.29. The molecule has 0 aliphatic heterocycles. The highest BCUT2D eigenvalue weighted by Gasteiger charge is 2.04. The number of hydrogen-bond acceptors (Lipinski definition) is 1. The second-order valence-corrected chi connectivity index (χ2v) is 5.29. The fraction of sp³-hybridized carbons (Fsp3) is 0.125. The maximum absolute atomic E-state index is 10.5. The molecule has 0 heterocycles. The van der Waals surface area contributed by atoms with E-state index in [2.05, 4.69) is 31.9 Å². The highest BCUT2D eigenvalue weighted by Crippen LogP contribution is 2.28. The van der Waals surface area contributed by atoms with Crippen LogP contribution in [0.25, 0.3) is 0 Å². The predicted molar refractivity (Wildman–Crippen MR) is 54.0 cm³/mol. The lowest BCUT2D eigenvalue weighted by molar-refractivity contribution is 0.0697. The Morgan fingerprint density at radius 1 is 1.25 bits per heavy atom. The third-order valence-corrected chi connectivity index (χ3v) is 2.47. The fourth-order valence-corrected chi connectivity index (χ4v) is 1.38. The van der Waals surface area contributed by atoms with Crippen molar-refractivity contribution in [1.82, 2.24) is 0 Å². The molecular formula is C8H6Br2O2. The van der Waals surface area contributed by atoms with Crippen LogP contribution < -0.4 is 0 Å². The lowest BCUT2D eigenvalue weighted by atomic mass is 10.2. The van der Waals surface area contributed by atoms with Gasteiger partial charge in [0.25, 0.3) is 0 Å². The van der Waals surface area contributed by atoms with Gasteiger partial charge in [0.1, 0.15) is 0 Å². The van der Waals surface area contributed by atoms with Crippen LogP contribution in [0, 0.1) is 0 Å². The van der Waals surface area contributed by atoms with E-state index in [1.165, 1.54) is 0 Å². The molecule has 0 aliphatic carbocycles. The molecule has 0 radical (unpaired) electrons. The molecule has 0 aromatic heterocycles. The van der Waals surface area contributed by atoms with Crippen molar-refractivity contribution in [1.29, 1.82) is 0 Å². The second kappa shape index (κ2) is 4.05. The SMILES string of the molecule is O=C(O)c1ccc(C(Br)Br)cc1. The summed E-state index contributed by atoms with van der Waals surface area (Å²) in [7, 11) is 0. The second-order valence-electron chi connectivity index (χ2n) is 2.23. The average molecular weight is 294 g/mol. The maximum atomic E-state index is 10.5. The summed E-state index contributed by atoms with van der Waals surface area (Å²) >= 11 is 6.63. The standard InChI is InChI=1S/C8H6Br2O2/c9-7(10)5-1-3-6(4-2-5)8(11)12/h1-4,7H,(H,11,12). The maximum Gasteiger partial charge on any atom is 0.335 e. The van der Waals surface area contributed by atoms with Gasteiger partial charge < -0.3 is 5.11 Å². The molecule has 1 rings (SSSR count). The van der Waals surface area contributed by atoms with E-state index in [0.717, 1.165) is 5.56 Å². The van der Waals surface area contributed by atoms with Gasteiger partial charge in [-0.1, -0.05) is 44.0 Å². The van der Waals surface area contributed by atoms with Crippen LogP contribution in [0.5, 0.6) is 0 Å². The summed E-state index contributed by atoms with van der Waals surface area (Å²) < 4.78 is 0.0767. The van der Waals surface area contributed by atoms with Gasteiger partial charge in [-0.25, -0.2) is 4.79 Å². The van der Waals surface area contributed by atoms with Crippen LogP contribution in [0.1, 0.15) is 19.7 Å². The van der Waals surface area contributed by atoms with E-state index in [9.17, 15) is 4.79 Å². The van der Waals surface area contributed by atoms with Gasteiger partial charge in [0, 0.05) is 0 Å². The Labute approximate surface area is 86.9 Å². The highest BCUT2D eigenvalue weighted by atomic mass is 79.9. The van der Waals surface area contributed by atoms with Gasteiger partial charge in [-0.2, -0.15) is 0 Å². The lowest BCUT2D eigenvalue weighted by Gasteiger charge is -2.01. The minimum absolute atomic E-state index is 0.0767. The van der Waals surface area contributed by atoms with Crippen LogP contribution in [0.15, 0.2) is 24.3 Å². The third kappa shape index (κ3) is 2.32. The van der Waals surface area contributed by atoms with Crippen LogP contribution in [0.2, 0.25) is 0 Å². The molecule has 1 aromatic rings. The molecule has 4 heteroatoms. The first-order chi connectivity index (χ1) is 5.61. The van der Waals surface area contributed by atoms with Crippen molar-refractivity contribution in [2.45, 2.75) is 3.74 Å². The molecule has 0 aliphatic rings. The fourth-order valence-electron chi connectivity index (χ4n) is 0.771. The molecular weight excluding hydrogens is 288 g/mol. The van der Waals surface area contributed by atoms with Gasteiger partial charge in [0.2, 0.25) is 0 Å². The topological polar surface area (TPSA) is 37.3 Å². The van der Waals surface area contributed by atoms with Crippen LogP contribution in [-0.2, 0) is 0 Å². The summed E-state index contributed by atoms with van der Waals surface area (Å²) in [6, 6.07) is 6.68. The smallest absolute Gasteiger partial charge is 0.335 e. The highest BCUT2D eigenvalue weighted by molar-refractivity contribution is 9.24. The van der Waals surface area contributed by atoms with Crippen molar-refractivity contribution >= 4 is 37.8 Å². The first-order valence-electron chi connectivity index (χ1n) is 3.22. The van der Waals surface area contributed by atoms with Crippen LogP contribution in [0.4, 0.5) is 0 Å². The summed E-state index contributed by atoms with van der Waals surface area (Å²) in [5, 5.41) is 8.59. The first-order valence-corrected chi connectivity index (χ1v) is 5.06. The van der Waals surface area contributed by atoms with Crippen molar-refractivity contribution in [2.24, 2.45) is 0 Å². The molecule has 0 fully saturated rings. The van der Waals surface area contributed by atoms with Crippen molar-refractivity contribution in [3.63, 3.8) is 0 Å². The summed E-state index contributed by atoms with van der Waals surface area (Å²) in [6.07, 6.45) is 0. The van der Waals surface area contributed by atoms with E-state index in [0.29, 0.717) is 5.56 Å². The number of hydrogen-bond donors (Lipinski definition) is 1. The summed E-state index contributed by atoms with van der Waals surface area (Å²) in [5.74, 6) is -0.901. The molecule has 0 spiro atoms. The third-order valence-electron chi connectivity index (χ3n) is 1.41. The zero-order valence-corrected chi connectivity index (χ0v) is 9.17. The van der Waals surface area contributed by atoms with Gasteiger partial charge in [0.15, 0.2) is 0 Å². The van der Waals surface area contributed by atoms with Crippen molar-refractivity contribution in [3.8, 4) is 0 Å². The number of carboxylic acid groups (broad SMARTS) is 1. The van der Waals surface area contributed by atoms with Gasteiger partial charge in [-0.05, 0) is 17.7 Å². The average Bonchev–Trinajstić information content (AvgIpc) is 2.04. The van der Waals surface area contributed by atoms with Gasteiger partial charge in [0.05, 0.1) is 9.30 Å². The largest absolute Gasteiger partial charge is 0.478 e. The number of halogens is 2. The molecule has 0 atom stereocenters. The number of carboxylic acids is 1. The monoisotopic (exact) mass is 292 g/mol. The minimum atomic E-state index is -0.901. The Hall–Kier alpha value is -0.350. The molecule has 0 saturated carbocycles. The van der Waals surface area contributed by atoms with E-state index >= 15 is 0 Å². The van der Waals surface area contributed by atoms with Crippen LogP contribution in [0.3, 0.4) is 0 Å². The van der Waals surface area contributed by atoms with E-state index in [4.69, 9.17) is 5.11 Å². The number of aromatic carboxylic acids is 1. The van der Waals surface area contributed by atoms with Gasteiger partial charge in [-0.3, -0.25) is 0 Å². The molecule has 64 valence electrons. The molecule has 1 aromatic carbocycles. The first kappa shape index (κ1) is 9.74. The molecule has 0 unspecified atom stereocenters. The van der Waals surface area contributed by atoms with Gasteiger partial charge >= 0.3 is 5.97 Å². The van der Waals surface area contributed by atoms with Crippen molar-refractivity contribution in [2.75, 3.05) is 0 Å². The Morgan fingerprint density at radius 3 is 2.08 bits per heavy atom. The van der Waals surface area contributed by atoms with Crippen LogP contribution in [-0.4, -0.2) is 11.1 Å². The Bertz CT molecular complexity index is 280. The molecule has 12 heavy (non-hydrogen) atoms. The Balaban J connectivity index is 2.93. The molecule has 0 bridgehead atoms. The summed E-state index contributed by atoms with van der Waals surface area (Å²) in [4.78, 5) is 10.5. The zero-order valence-electron chi connectivity index (χ0n) is 6.00. The van der Waals surface area contributed by atoms with E-state index in [-0.39, 0.29) is 3.74 Å². The molecule has 0 amide bonds. The number of carbonyl (C=O) groups is 1. The quantitative estimate of drug-likeness (QED) is 0.851. The molecule has 1 N–H and O–H groups in total. The summed E-state index contributed by atoms with van der Waals surface area (Å²) in [5.41, 5.74) is 1.31. The lowest BCUT2D eigenvalue weighted by Crippen LogP contribution is -1.95. The van der Waals surface area contributed by atoms with E-state index in [1.807, 2.05) is 0 Å². The molecule has 0 saturated heterocycles. The van der Waals surface area contributed by atoms with Crippen LogP contribution >= 0.6 is 31.9 Å². The number of rotatable bonds is 2.